The number of ether oxygens (including phenoxy) is 2. The number of aromatic nitrogens is 1. The highest BCUT2D eigenvalue weighted by Gasteiger charge is 2.46. The molecule has 1 amide bonds. The first kappa shape index (κ1) is 21.8. The largest absolute Gasteiger partial charge is 0.480 e. The molecule has 0 N–H and O–H groups in total. The van der Waals surface area contributed by atoms with Crippen LogP contribution in [0.25, 0.3) is 11.1 Å². The Bertz CT molecular complexity index is 1230. The van der Waals surface area contributed by atoms with Crippen molar-refractivity contribution in [1.29, 1.82) is 0 Å². The monoisotopic (exact) mass is 468 g/mol. The van der Waals surface area contributed by atoms with E-state index in [0.29, 0.717) is 30.9 Å². The highest BCUT2D eigenvalue weighted by atomic mass is 16.6. The van der Waals surface area contributed by atoms with Gasteiger partial charge in [-0.25, -0.2) is 9.78 Å². The predicted octanol–water partition coefficient (Wildman–Crippen LogP) is 5.47. The van der Waals surface area contributed by atoms with Crippen molar-refractivity contribution in [3.05, 3.63) is 83.6 Å². The summed E-state index contributed by atoms with van der Waals surface area (Å²) in [7, 11) is 1.53. The highest BCUT2D eigenvalue weighted by molar-refractivity contribution is 6.00. The number of carbonyl (C=O) groups is 2. The number of nitrogens with zero attached hydrogens (tertiary/aromatic N) is 2. The van der Waals surface area contributed by atoms with Gasteiger partial charge in [-0.1, -0.05) is 48.5 Å². The summed E-state index contributed by atoms with van der Waals surface area (Å²) in [4.78, 5) is 32.6. The summed E-state index contributed by atoms with van der Waals surface area (Å²) in [5, 5.41) is 0. The van der Waals surface area contributed by atoms with Gasteiger partial charge >= 0.3 is 6.09 Å². The topological polar surface area (TPSA) is 68.7 Å². The Balaban J connectivity index is 1.15. The fourth-order valence-electron chi connectivity index (χ4n) is 6.32. The Kier molecular flexibility index (Phi) is 5.51. The Hall–Kier alpha value is -3.67. The first-order valence-electron chi connectivity index (χ1n) is 12.3. The zero-order valence-electron chi connectivity index (χ0n) is 19.7. The number of fused-ring (bicyclic) bond motifs is 5. The third-order valence-corrected chi connectivity index (χ3v) is 7.88. The third-order valence-electron chi connectivity index (χ3n) is 7.88. The SMILES string of the molecule is COc1ncccc1C(=O)C1CC2CCC(C1)N2C(=O)OCC1c2ccccc2-c2ccccc21. The van der Waals surface area contributed by atoms with Crippen LogP contribution < -0.4 is 4.74 Å². The van der Waals surface area contributed by atoms with Crippen molar-refractivity contribution in [2.45, 2.75) is 43.7 Å². The second-order valence-electron chi connectivity index (χ2n) is 9.69. The number of Topliss-reactive ketones (excluding diaryl/α,β-unsaturated/α-hetero) is 1. The van der Waals surface area contributed by atoms with E-state index >= 15 is 0 Å². The lowest BCUT2D eigenvalue weighted by Gasteiger charge is -2.37. The van der Waals surface area contributed by atoms with Crippen molar-refractivity contribution < 1.29 is 19.1 Å². The molecular formula is C29H28N2O4. The number of carbonyl (C=O) groups excluding carboxylic acids is 2. The summed E-state index contributed by atoms with van der Waals surface area (Å²) < 4.78 is 11.2. The third kappa shape index (κ3) is 3.68. The summed E-state index contributed by atoms with van der Waals surface area (Å²) in [6.07, 6.45) is 4.48. The molecule has 2 saturated heterocycles. The maximum atomic E-state index is 13.3. The molecule has 178 valence electrons. The summed E-state index contributed by atoms with van der Waals surface area (Å²) >= 11 is 0. The van der Waals surface area contributed by atoms with E-state index in [-0.39, 0.29) is 35.8 Å². The van der Waals surface area contributed by atoms with Crippen molar-refractivity contribution in [1.82, 2.24) is 9.88 Å². The summed E-state index contributed by atoms with van der Waals surface area (Å²) in [6.45, 7) is 0.318. The van der Waals surface area contributed by atoms with Crippen molar-refractivity contribution in [2.75, 3.05) is 13.7 Å². The van der Waals surface area contributed by atoms with Crippen molar-refractivity contribution in [3.63, 3.8) is 0 Å². The summed E-state index contributed by atoms with van der Waals surface area (Å²) in [6, 6.07) is 20.3. The number of ketones is 1. The average molecular weight is 469 g/mol. The van der Waals surface area contributed by atoms with Crippen molar-refractivity contribution >= 4 is 11.9 Å². The standard InChI is InChI=1S/C29H28N2O4/c1-34-28-25(11-6-14-30-28)27(32)18-15-19-12-13-20(16-18)31(19)29(33)35-17-26-23-9-4-2-7-21(23)22-8-3-5-10-24(22)26/h2-11,14,18-20,26H,12-13,15-17H2,1H3. The lowest BCUT2D eigenvalue weighted by Crippen LogP contribution is -2.48. The summed E-state index contributed by atoms with van der Waals surface area (Å²) in [5.41, 5.74) is 5.37. The Labute approximate surface area is 204 Å². The molecule has 0 radical (unpaired) electrons. The van der Waals surface area contributed by atoms with Crippen LogP contribution in [0.1, 0.15) is 53.1 Å². The van der Waals surface area contributed by atoms with E-state index in [1.807, 2.05) is 29.2 Å². The van der Waals surface area contributed by atoms with E-state index in [4.69, 9.17) is 9.47 Å². The fraction of sp³-hybridized carbons (Fsp3) is 0.345. The lowest BCUT2D eigenvalue weighted by atomic mass is 9.85. The van der Waals surface area contributed by atoms with Crippen LogP contribution in [-0.4, -0.2) is 47.6 Å². The molecular weight excluding hydrogens is 440 g/mol. The van der Waals surface area contributed by atoms with Crippen molar-refractivity contribution in [3.8, 4) is 17.0 Å². The molecule has 3 heterocycles. The van der Waals surface area contributed by atoms with E-state index in [0.717, 1.165) is 12.8 Å². The number of hydrogen-bond acceptors (Lipinski definition) is 5. The molecule has 2 aliphatic heterocycles. The molecule has 3 aliphatic rings. The van der Waals surface area contributed by atoms with Gasteiger partial charge in [-0.3, -0.25) is 4.79 Å². The van der Waals surface area contributed by atoms with Crippen LogP contribution in [0, 0.1) is 5.92 Å². The molecule has 0 spiro atoms. The van der Waals surface area contributed by atoms with E-state index in [1.54, 1.807) is 18.3 Å². The van der Waals surface area contributed by atoms with E-state index in [9.17, 15) is 9.59 Å². The number of hydrogen-bond donors (Lipinski definition) is 0. The van der Waals surface area contributed by atoms with Gasteiger partial charge in [-0.2, -0.15) is 0 Å². The number of benzene rings is 2. The van der Waals surface area contributed by atoms with Crippen LogP contribution in [-0.2, 0) is 4.74 Å². The second-order valence-corrected chi connectivity index (χ2v) is 9.69. The molecule has 6 nitrogen and oxygen atoms in total. The van der Waals surface area contributed by atoms with Gasteiger partial charge in [0.25, 0.3) is 0 Å². The Morgan fingerprint density at radius 2 is 1.54 bits per heavy atom. The van der Waals surface area contributed by atoms with Crippen molar-refractivity contribution in [2.24, 2.45) is 5.92 Å². The number of rotatable bonds is 5. The molecule has 1 aromatic heterocycles. The predicted molar refractivity (Wildman–Crippen MR) is 132 cm³/mol. The van der Waals surface area contributed by atoms with Gasteiger partial charge in [0.1, 0.15) is 6.61 Å². The van der Waals surface area contributed by atoms with Crippen LogP contribution in [0.4, 0.5) is 4.79 Å². The quantitative estimate of drug-likeness (QED) is 0.465. The molecule has 2 unspecified atom stereocenters. The lowest BCUT2D eigenvalue weighted by molar-refractivity contribution is 0.0504. The van der Waals surface area contributed by atoms with Gasteiger partial charge < -0.3 is 14.4 Å². The number of pyridine rings is 1. The molecule has 3 aromatic rings. The van der Waals surface area contributed by atoms with Crippen LogP contribution in [0.2, 0.25) is 0 Å². The second kappa shape index (κ2) is 8.84. The van der Waals surface area contributed by atoms with Gasteiger partial charge in [0.05, 0.1) is 12.7 Å². The minimum Gasteiger partial charge on any atom is -0.480 e. The normalized spacial score (nSPS) is 22.4. The molecule has 1 aliphatic carbocycles. The van der Waals surface area contributed by atoms with Gasteiger partial charge in [0, 0.05) is 30.1 Å². The minimum atomic E-state index is -0.260. The fourth-order valence-corrected chi connectivity index (χ4v) is 6.32. The van der Waals surface area contributed by atoms with Crippen LogP contribution in [0.5, 0.6) is 5.88 Å². The summed E-state index contributed by atoms with van der Waals surface area (Å²) in [5.74, 6) is 0.326. The number of methoxy groups -OCH3 is 1. The van der Waals surface area contributed by atoms with Crippen LogP contribution in [0.15, 0.2) is 66.9 Å². The molecule has 6 rings (SSSR count). The minimum absolute atomic E-state index is 0.0287. The molecule has 0 saturated carbocycles. The highest BCUT2D eigenvalue weighted by Crippen LogP contribution is 2.45. The smallest absolute Gasteiger partial charge is 0.410 e. The van der Waals surface area contributed by atoms with Crippen LogP contribution in [0.3, 0.4) is 0 Å². The molecule has 2 aromatic carbocycles. The molecule has 6 heteroatoms. The maximum Gasteiger partial charge on any atom is 0.410 e. The zero-order valence-corrected chi connectivity index (χ0v) is 19.7. The van der Waals surface area contributed by atoms with Gasteiger partial charge in [0.2, 0.25) is 5.88 Å². The van der Waals surface area contributed by atoms with E-state index in [2.05, 4.69) is 29.2 Å². The Morgan fingerprint density at radius 1 is 0.914 bits per heavy atom. The molecule has 2 bridgehead atoms. The van der Waals surface area contributed by atoms with Gasteiger partial charge in [0.15, 0.2) is 5.78 Å². The van der Waals surface area contributed by atoms with Gasteiger partial charge in [-0.15, -0.1) is 0 Å². The Morgan fingerprint density at radius 3 is 2.17 bits per heavy atom. The van der Waals surface area contributed by atoms with E-state index in [1.165, 1.54) is 29.4 Å². The van der Waals surface area contributed by atoms with E-state index < -0.39 is 0 Å². The van der Waals surface area contributed by atoms with Crippen LogP contribution >= 0.6 is 0 Å². The molecule has 35 heavy (non-hydrogen) atoms. The average Bonchev–Trinajstić information content (AvgIpc) is 3.37. The molecule has 2 fully saturated rings. The zero-order chi connectivity index (χ0) is 23.9. The molecule has 2 atom stereocenters. The maximum absolute atomic E-state index is 13.3. The number of piperidine rings is 1. The van der Waals surface area contributed by atoms with Gasteiger partial charge in [-0.05, 0) is 60.1 Å². The first-order valence-corrected chi connectivity index (χ1v) is 12.3. The number of amides is 1. The first-order chi connectivity index (χ1) is 17.2.